The highest BCUT2D eigenvalue weighted by Crippen LogP contribution is 2.32. The van der Waals surface area contributed by atoms with Gasteiger partial charge in [-0.15, -0.1) is 0 Å². The Hall–Kier alpha value is -2.28. The van der Waals surface area contributed by atoms with Gasteiger partial charge in [-0.05, 0) is 19.8 Å². The highest BCUT2D eigenvalue weighted by atomic mass is 16.5. The fourth-order valence-electron chi connectivity index (χ4n) is 2.81. The van der Waals surface area contributed by atoms with Crippen LogP contribution >= 0.6 is 0 Å². The van der Waals surface area contributed by atoms with E-state index >= 15 is 0 Å². The minimum Gasteiger partial charge on any atom is -0.380 e. The second-order valence-electron chi connectivity index (χ2n) is 5.29. The van der Waals surface area contributed by atoms with Crippen LogP contribution in [0.2, 0.25) is 0 Å². The molecular formula is C15H18N4O3. The lowest BCUT2D eigenvalue weighted by molar-refractivity contribution is 0.0718. The molecule has 0 spiro atoms. The molecule has 1 aliphatic rings. The van der Waals surface area contributed by atoms with E-state index in [0.29, 0.717) is 30.2 Å². The fraction of sp³-hybridized carbons (Fsp3) is 0.467. The number of rotatable bonds is 4. The minimum atomic E-state index is -0.142. The molecule has 22 heavy (non-hydrogen) atoms. The van der Waals surface area contributed by atoms with Gasteiger partial charge in [0, 0.05) is 26.0 Å². The lowest BCUT2D eigenvalue weighted by atomic mass is 10.1. The van der Waals surface area contributed by atoms with Crippen LogP contribution in [0.25, 0.3) is 0 Å². The SMILES string of the molecule is COCc1c(C(=O)N2CCC[C@H]2c2cnccn2)noc1C. The molecule has 1 aliphatic heterocycles. The maximum Gasteiger partial charge on any atom is 0.276 e. The first-order chi connectivity index (χ1) is 10.7. The highest BCUT2D eigenvalue weighted by Gasteiger charge is 2.34. The van der Waals surface area contributed by atoms with Crippen LogP contribution in [0.15, 0.2) is 23.1 Å². The van der Waals surface area contributed by atoms with E-state index in [2.05, 4.69) is 15.1 Å². The summed E-state index contributed by atoms with van der Waals surface area (Å²) in [6.07, 6.45) is 6.79. The number of amides is 1. The minimum absolute atomic E-state index is 0.0615. The maximum absolute atomic E-state index is 12.8. The third kappa shape index (κ3) is 2.59. The zero-order valence-electron chi connectivity index (χ0n) is 12.7. The largest absolute Gasteiger partial charge is 0.380 e. The van der Waals surface area contributed by atoms with Gasteiger partial charge in [-0.1, -0.05) is 5.16 Å². The van der Waals surface area contributed by atoms with Crippen molar-refractivity contribution in [3.8, 4) is 0 Å². The Balaban J connectivity index is 1.88. The van der Waals surface area contributed by atoms with E-state index in [1.165, 1.54) is 0 Å². The third-order valence-electron chi connectivity index (χ3n) is 3.91. The molecule has 3 heterocycles. The summed E-state index contributed by atoms with van der Waals surface area (Å²) in [6, 6.07) is -0.0615. The van der Waals surface area contributed by atoms with E-state index in [4.69, 9.17) is 9.26 Å². The number of aromatic nitrogens is 3. The van der Waals surface area contributed by atoms with Gasteiger partial charge in [0.25, 0.3) is 5.91 Å². The van der Waals surface area contributed by atoms with E-state index in [9.17, 15) is 4.79 Å². The Morgan fingerprint density at radius 2 is 2.36 bits per heavy atom. The third-order valence-corrected chi connectivity index (χ3v) is 3.91. The van der Waals surface area contributed by atoms with E-state index in [-0.39, 0.29) is 11.9 Å². The van der Waals surface area contributed by atoms with Gasteiger partial charge in [0.1, 0.15) is 5.76 Å². The molecule has 0 aromatic carbocycles. The van der Waals surface area contributed by atoms with E-state index in [0.717, 1.165) is 18.5 Å². The van der Waals surface area contributed by atoms with Crippen molar-refractivity contribution in [2.24, 2.45) is 0 Å². The Morgan fingerprint density at radius 3 is 3.09 bits per heavy atom. The van der Waals surface area contributed by atoms with Crippen molar-refractivity contribution in [2.75, 3.05) is 13.7 Å². The van der Waals surface area contributed by atoms with Crippen LogP contribution < -0.4 is 0 Å². The van der Waals surface area contributed by atoms with Gasteiger partial charge in [-0.25, -0.2) is 0 Å². The number of carbonyl (C=O) groups is 1. The van der Waals surface area contributed by atoms with Gasteiger partial charge >= 0.3 is 0 Å². The average molecular weight is 302 g/mol. The van der Waals surface area contributed by atoms with Gasteiger partial charge in [-0.3, -0.25) is 14.8 Å². The fourth-order valence-corrected chi connectivity index (χ4v) is 2.81. The Kier molecular flexibility index (Phi) is 4.15. The second-order valence-corrected chi connectivity index (χ2v) is 5.29. The predicted molar refractivity (Wildman–Crippen MR) is 77.0 cm³/mol. The van der Waals surface area contributed by atoms with Gasteiger partial charge in [-0.2, -0.15) is 0 Å². The molecule has 3 rings (SSSR count). The molecule has 0 aliphatic carbocycles. The molecule has 0 N–H and O–H groups in total. The summed E-state index contributed by atoms with van der Waals surface area (Å²) in [5, 5.41) is 3.92. The number of methoxy groups -OCH3 is 1. The van der Waals surface area contributed by atoms with Crippen molar-refractivity contribution < 1.29 is 14.1 Å². The number of aryl methyl sites for hydroxylation is 1. The van der Waals surface area contributed by atoms with Gasteiger partial charge < -0.3 is 14.2 Å². The van der Waals surface area contributed by atoms with Crippen LogP contribution in [0.5, 0.6) is 0 Å². The van der Waals surface area contributed by atoms with Crippen molar-refractivity contribution in [2.45, 2.75) is 32.4 Å². The Bertz CT molecular complexity index is 656. The highest BCUT2D eigenvalue weighted by molar-refractivity contribution is 5.94. The number of carbonyl (C=O) groups excluding carboxylic acids is 1. The number of hydrogen-bond donors (Lipinski definition) is 0. The number of hydrogen-bond acceptors (Lipinski definition) is 6. The summed E-state index contributed by atoms with van der Waals surface area (Å²) in [5.74, 6) is 0.470. The van der Waals surface area contributed by atoms with Crippen LogP contribution in [0.3, 0.4) is 0 Å². The van der Waals surface area contributed by atoms with Gasteiger partial charge in [0.05, 0.1) is 30.1 Å². The summed E-state index contributed by atoms with van der Waals surface area (Å²) in [7, 11) is 1.58. The quantitative estimate of drug-likeness (QED) is 0.858. The summed E-state index contributed by atoms with van der Waals surface area (Å²) in [5.41, 5.74) is 1.84. The van der Waals surface area contributed by atoms with Crippen molar-refractivity contribution in [1.82, 2.24) is 20.0 Å². The summed E-state index contributed by atoms with van der Waals surface area (Å²) < 4.78 is 10.3. The molecule has 2 aromatic rings. The van der Waals surface area contributed by atoms with E-state index in [1.54, 1.807) is 37.5 Å². The zero-order chi connectivity index (χ0) is 15.5. The molecule has 2 aromatic heterocycles. The molecule has 1 fully saturated rings. The molecule has 1 amide bonds. The van der Waals surface area contributed by atoms with Crippen LogP contribution in [0.4, 0.5) is 0 Å². The molecule has 0 unspecified atom stereocenters. The molecule has 0 saturated carbocycles. The first kappa shape index (κ1) is 14.6. The summed E-state index contributed by atoms with van der Waals surface area (Å²) in [6.45, 7) is 2.76. The molecule has 0 radical (unpaired) electrons. The molecule has 1 saturated heterocycles. The molecular weight excluding hydrogens is 284 g/mol. The summed E-state index contributed by atoms with van der Waals surface area (Å²) in [4.78, 5) is 23.0. The van der Waals surface area contributed by atoms with Gasteiger partial charge in [0.15, 0.2) is 5.69 Å². The summed E-state index contributed by atoms with van der Waals surface area (Å²) >= 11 is 0. The maximum atomic E-state index is 12.8. The van der Waals surface area contributed by atoms with Crippen LogP contribution in [-0.2, 0) is 11.3 Å². The van der Waals surface area contributed by atoms with Crippen molar-refractivity contribution in [1.29, 1.82) is 0 Å². The Labute approximate surface area is 128 Å². The average Bonchev–Trinajstić information content (AvgIpc) is 3.16. The normalized spacial score (nSPS) is 17.9. The standard InChI is InChI=1S/C15H18N4O3/c1-10-11(9-21-2)14(18-22-10)15(20)19-7-3-4-13(19)12-8-16-5-6-17-12/h5-6,8,13H,3-4,7,9H2,1-2H3/t13-/m0/s1. The van der Waals surface area contributed by atoms with Crippen LogP contribution in [0, 0.1) is 6.92 Å². The molecule has 116 valence electrons. The van der Waals surface area contributed by atoms with Gasteiger partial charge in [0.2, 0.25) is 0 Å². The topological polar surface area (TPSA) is 81.4 Å². The second kappa shape index (κ2) is 6.23. The van der Waals surface area contributed by atoms with Crippen LogP contribution in [0.1, 0.15) is 46.4 Å². The van der Waals surface area contributed by atoms with Crippen molar-refractivity contribution in [3.05, 3.63) is 41.3 Å². The first-order valence-electron chi connectivity index (χ1n) is 7.23. The van der Waals surface area contributed by atoms with E-state index in [1.807, 2.05) is 0 Å². The number of likely N-dealkylation sites (tertiary alicyclic amines) is 1. The first-order valence-corrected chi connectivity index (χ1v) is 7.23. The molecule has 7 nitrogen and oxygen atoms in total. The monoisotopic (exact) mass is 302 g/mol. The number of nitrogens with zero attached hydrogens (tertiary/aromatic N) is 4. The van der Waals surface area contributed by atoms with E-state index < -0.39 is 0 Å². The van der Waals surface area contributed by atoms with Crippen LogP contribution in [-0.4, -0.2) is 39.6 Å². The zero-order valence-corrected chi connectivity index (χ0v) is 12.7. The Morgan fingerprint density at radius 1 is 1.50 bits per heavy atom. The smallest absolute Gasteiger partial charge is 0.276 e. The molecule has 0 bridgehead atoms. The number of ether oxygens (including phenoxy) is 1. The molecule has 1 atom stereocenters. The molecule has 7 heteroatoms. The predicted octanol–water partition coefficient (Wildman–Crippen LogP) is 1.90. The lowest BCUT2D eigenvalue weighted by Gasteiger charge is -2.23. The van der Waals surface area contributed by atoms with Crippen molar-refractivity contribution >= 4 is 5.91 Å². The lowest BCUT2D eigenvalue weighted by Crippen LogP contribution is -2.32. The van der Waals surface area contributed by atoms with Crippen molar-refractivity contribution in [3.63, 3.8) is 0 Å².